The lowest BCUT2D eigenvalue weighted by molar-refractivity contribution is 0.0730. The van der Waals surface area contributed by atoms with Crippen molar-refractivity contribution in [2.45, 2.75) is 4.90 Å². The number of halogens is 1. The van der Waals surface area contributed by atoms with E-state index in [4.69, 9.17) is 9.15 Å². The molecule has 0 aliphatic carbocycles. The van der Waals surface area contributed by atoms with Crippen molar-refractivity contribution in [2.24, 2.45) is 0 Å². The summed E-state index contributed by atoms with van der Waals surface area (Å²) < 4.78 is 38.5. The molecule has 0 spiro atoms. The molecule has 3 aromatic rings. The second kappa shape index (κ2) is 7.67. The van der Waals surface area contributed by atoms with Crippen LogP contribution in [0.4, 0.5) is 5.69 Å². The standard InChI is InChI=1S/C19H17BrN2O5S/c20-16-6-1-3-13-11-17(27-18(13)16)19(23)21-14-4-2-5-15(12-14)28(24,25)22-7-9-26-10-8-22/h1-6,11-12H,7-10H2,(H,21,23). The summed E-state index contributed by atoms with van der Waals surface area (Å²) in [5, 5.41) is 3.49. The Balaban J connectivity index is 1.57. The van der Waals surface area contributed by atoms with Gasteiger partial charge < -0.3 is 14.5 Å². The quantitative estimate of drug-likeness (QED) is 0.638. The highest BCUT2D eigenvalue weighted by Crippen LogP contribution is 2.28. The summed E-state index contributed by atoms with van der Waals surface area (Å²) in [6, 6.07) is 13.4. The molecule has 4 rings (SSSR count). The van der Waals surface area contributed by atoms with Crippen LogP contribution in [0, 0.1) is 0 Å². The lowest BCUT2D eigenvalue weighted by atomic mass is 10.2. The number of nitrogens with zero attached hydrogens (tertiary/aromatic N) is 1. The number of benzene rings is 2. The van der Waals surface area contributed by atoms with E-state index in [9.17, 15) is 13.2 Å². The van der Waals surface area contributed by atoms with E-state index in [0.29, 0.717) is 37.6 Å². The van der Waals surface area contributed by atoms with E-state index in [1.165, 1.54) is 16.4 Å². The van der Waals surface area contributed by atoms with Crippen molar-refractivity contribution in [3.63, 3.8) is 0 Å². The molecule has 0 bridgehead atoms. The number of hydrogen-bond acceptors (Lipinski definition) is 5. The molecule has 0 atom stereocenters. The van der Waals surface area contributed by atoms with Crippen LogP contribution >= 0.6 is 15.9 Å². The number of ether oxygens (including phenoxy) is 1. The van der Waals surface area contributed by atoms with Gasteiger partial charge in [0, 0.05) is 24.2 Å². The van der Waals surface area contributed by atoms with Crippen LogP contribution in [0.25, 0.3) is 11.0 Å². The van der Waals surface area contributed by atoms with Crippen LogP contribution < -0.4 is 5.32 Å². The second-order valence-corrected chi connectivity index (χ2v) is 9.06. The Morgan fingerprint density at radius 3 is 2.57 bits per heavy atom. The number of anilines is 1. The number of carbonyl (C=O) groups is 1. The van der Waals surface area contributed by atoms with Gasteiger partial charge in [0.25, 0.3) is 5.91 Å². The van der Waals surface area contributed by atoms with Crippen molar-refractivity contribution in [3.05, 3.63) is 58.8 Å². The van der Waals surface area contributed by atoms with Crippen molar-refractivity contribution in [1.29, 1.82) is 0 Å². The van der Waals surface area contributed by atoms with E-state index in [2.05, 4.69) is 21.2 Å². The number of hydrogen-bond donors (Lipinski definition) is 1. The van der Waals surface area contributed by atoms with Gasteiger partial charge in [-0.05, 0) is 46.3 Å². The Kier molecular flexibility index (Phi) is 5.24. The number of nitrogens with one attached hydrogen (secondary N) is 1. The largest absolute Gasteiger partial charge is 0.450 e. The maximum atomic E-state index is 12.8. The third-order valence-corrected chi connectivity index (χ3v) is 6.94. The van der Waals surface area contributed by atoms with Gasteiger partial charge >= 0.3 is 0 Å². The first-order valence-electron chi connectivity index (χ1n) is 8.62. The summed E-state index contributed by atoms with van der Waals surface area (Å²) in [7, 11) is -3.64. The van der Waals surface area contributed by atoms with Crippen LogP contribution in [0.5, 0.6) is 0 Å². The monoisotopic (exact) mass is 464 g/mol. The van der Waals surface area contributed by atoms with Crippen LogP contribution in [0.3, 0.4) is 0 Å². The van der Waals surface area contributed by atoms with Crippen molar-refractivity contribution in [2.75, 3.05) is 31.6 Å². The number of carbonyl (C=O) groups excluding carboxylic acids is 1. The topological polar surface area (TPSA) is 88.9 Å². The van der Waals surface area contributed by atoms with Crippen molar-refractivity contribution in [1.82, 2.24) is 4.31 Å². The molecule has 1 aliphatic rings. The molecule has 0 saturated carbocycles. The molecule has 2 heterocycles. The molecule has 1 amide bonds. The molecule has 28 heavy (non-hydrogen) atoms. The first kappa shape index (κ1) is 19.1. The number of rotatable bonds is 4. The number of para-hydroxylation sites is 1. The number of fused-ring (bicyclic) bond motifs is 1. The molecule has 1 fully saturated rings. The number of amides is 1. The van der Waals surface area contributed by atoms with Crippen LogP contribution in [-0.2, 0) is 14.8 Å². The van der Waals surface area contributed by atoms with Crippen molar-refractivity contribution >= 4 is 48.5 Å². The Hall–Kier alpha value is -2.20. The number of sulfonamides is 1. The number of morpholine rings is 1. The average molecular weight is 465 g/mol. The Labute approximate surface area is 170 Å². The van der Waals surface area contributed by atoms with E-state index in [1.807, 2.05) is 18.2 Å². The summed E-state index contributed by atoms with van der Waals surface area (Å²) in [6.45, 7) is 1.37. The average Bonchev–Trinajstić information content (AvgIpc) is 3.15. The SMILES string of the molecule is O=C(Nc1cccc(S(=O)(=O)N2CCOCC2)c1)c1cc2cccc(Br)c2o1. The van der Waals surface area contributed by atoms with Crippen LogP contribution in [-0.4, -0.2) is 44.9 Å². The summed E-state index contributed by atoms with van der Waals surface area (Å²) in [6.07, 6.45) is 0. The fraction of sp³-hybridized carbons (Fsp3) is 0.211. The smallest absolute Gasteiger partial charge is 0.291 e. The van der Waals surface area contributed by atoms with Gasteiger partial charge in [-0.2, -0.15) is 4.31 Å². The van der Waals surface area contributed by atoms with E-state index in [1.54, 1.807) is 18.2 Å². The maximum absolute atomic E-state index is 12.8. The zero-order valence-electron chi connectivity index (χ0n) is 14.7. The highest BCUT2D eigenvalue weighted by Gasteiger charge is 2.26. The third-order valence-electron chi connectivity index (χ3n) is 4.42. The van der Waals surface area contributed by atoms with Gasteiger partial charge in [0.1, 0.15) is 5.58 Å². The number of furan rings is 1. The predicted molar refractivity (Wildman–Crippen MR) is 108 cm³/mol. The first-order valence-corrected chi connectivity index (χ1v) is 10.9. The zero-order valence-corrected chi connectivity index (χ0v) is 17.1. The highest BCUT2D eigenvalue weighted by molar-refractivity contribution is 9.10. The molecular formula is C19H17BrN2O5S. The zero-order chi connectivity index (χ0) is 19.7. The Morgan fingerprint density at radius 2 is 1.82 bits per heavy atom. The van der Waals surface area contributed by atoms with Gasteiger partial charge in [-0.15, -0.1) is 0 Å². The van der Waals surface area contributed by atoms with Gasteiger partial charge in [0.2, 0.25) is 10.0 Å². The van der Waals surface area contributed by atoms with Gasteiger partial charge in [-0.25, -0.2) is 8.42 Å². The minimum Gasteiger partial charge on any atom is -0.450 e. The molecule has 1 N–H and O–H groups in total. The molecule has 146 valence electrons. The molecule has 0 radical (unpaired) electrons. The predicted octanol–water partition coefficient (Wildman–Crippen LogP) is 3.47. The van der Waals surface area contributed by atoms with Gasteiger partial charge in [-0.1, -0.05) is 18.2 Å². The molecule has 2 aromatic carbocycles. The van der Waals surface area contributed by atoms with E-state index in [-0.39, 0.29) is 10.7 Å². The summed E-state index contributed by atoms with van der Waals surface area (Å²) >= 11 is 3.39. The third kappa shape index (κ3) is 3.70. The minimum atomic E-state index is -3.64. The summed E-state index contributed by atoms with van der Waals surface area (Å²) in [5.41, 5.74) is 0.954. The van der Waals surface area contributed by atoms with E-state index in [0.717, 1.165) is 9.86 Å². The van der Waals surface area contributed by atoms with Gasteiger partial charge in [0.05, 0.1) is 22.6 Å². The van der Waals surface area contributed by atoms with E-state index < -0.39 is 15.9 Å². The highest BCUT2D eigenvalue weighted by atomic mass is 79.9. The van der Waals surface area contributed by atoms with Crippen LogP contribution in [0.1, 0.15) is 10.6 Å². The molecule has 9 heteroatoms. The lowest BCUT2D eigenvalue weighted by Crippen LogP contribution is -2.40. The van der Waals surface area contributed by atoms with Gasteiger partial charge in [-0.3, -0.25) is 4.79 Å². The van der Waals surface area contributed by atoms with Crippen molar-refractivity contribution < 1.29 is 22.4 Å². The fourth-order valence-corrected chi connectivity index (χ4v) is 4.92. The molecule has 0 unspecified atom stereocenters. The van der Waals surface area contributed by atoms with Crippen molar-refractivity contribution in [3.8, 4) is 0 Å². The maximum Gasteiger partial charge on any atom is 0.291 e. The van der Waals surface area contributed by atoms with Gasteiger partial charge in [0.15, 0.2) is 5.76 Å². The van der Waals surface area contributed by atoms with Crippen LogP contribution in [0.2, 0.25) is 0 Å². The molecular weight excluding hydrogens is 448 g/mol. The summed E-state index contributed by atoms with van der Waals surface area (Å²) in [4.78, 5) is 12.7. The molecule has 7 nitrogen and oxygen atoms in total. The minimum absolute atomic E-state index is 0.125. The lowest BCUT2D eigenvalue weighted by Gasteiger charge is -2.26. The molecule has 1 aromatic heterocycles. The fourth-order valence-electron chi connectivity index (χ4n) is 3.00. The molecule has 1 saturated heterocycles. The first-order chi connectivity index (χ1) is 13.4. The van der Waals surface area contributed by atoms with E-state index >= 15 is 0 Å². The summed E-state index contributed by atoms with van der Waals surface area (Å²) in [5.74, 6) is -0.313. The molecule has 1 aliphatic heterocycles. The Morgan fingerprint density at radius 1 is 1.07 bits per heavy atom. The second-order valence-electron chi connectivity index (χ2n) is 6.27. The van der Waals surface area contributed by atoms with Crippen LogP contribution in [0.15, 0.2) is 62.3 Å². The Bertz CT molecular complexity index is 1140. The normalized spacial score (nSPS) is 15.6.